The van der Waals surface area contributed by atoms with Crippen LogP contribution in [0, 0.1) is 6.92 Å². The highest BCUT2D eigenvalue weighted by molar-refractivity contribution is 7.99. The molecular formula is C23H20F3N3O2S2. The Labute approximate surface area is 197 Å². The highest BCUT2D eigenvalue weighted by Gasteiger charge is 2.30. The Morgan fingerprint density at radius 3 is 2.76 bits per heavy atom. The van der Waals surface area contributed by atoms with Crippen LogP contribution in [0.4, 0.5) is 18.9 Å². The molecule has 0 fully saturated rings. The van der Waals surface area contributed by atoms with Crippen LogP contribution in [0.3, 0.4) is 0 Å². The van der Waals surface area contributed by atoms with E-state index in [0.717, 1.165) is 30.4 Å². The van der Waals surface area contributed by atoms with E-state index in [1.165, 1.54) is 16.5 Å². The summed E-state index contributed by atoms with van der Waals surface area (Å²) < 4.78 is 37.9. The first-order valence-corrected chi connectivity index (χ1v) is 12.0. The smallest absolute Gasteiger partial charge is 0.334 e. The fraction of sp³-hybridized carbons (Fsp3) is 0.261. The van der Waals surface area contributed by atoms with Gasteiger partial charge in [0.1, 0.15) is 0 Å². The van der Waals surface area contributed by atoms with Crippen LogP contribution in [0.1, 0.15) is 31.9 Å². The minimum absolute atomic E-state index is 0.0248. The van der Waals surface area contributed by atoms with Crippen molar-refractivity contribution in [1.29, 1.82) is 0 Å². The molecule has 1 N–H and O–H groups in total. The van der Waals surface area contributed by atoms with Gasteiger partial charge in [-0.25, -0.2) is 4.98 Å². The number of carbonyl (C=O) groups is 2. The van der Waals surface area contributed by atoms with Crippen molar-refractivity contribution in [3.63, 3.8) is 0 Å². The van der Waals surface area contributed by atoms with Crippen LogP contribution in [0.25, 0.3) is 0 Å². The number of thioether (sulfide) groups is 1. The maximum Gasteiger partial charge on any atom is 0.417 e. The van der Waals surface area contributed by atoms with Gasteiger partial charge in [0.15, 0.2) is 0 Å². The first kappa shape index (κ1) is 23.3. The molecule has 0 atom stereocenters. The highest BCUT2D eigenvalue weighted by Crippen LogP contribution is 2.30. The largest absolute Gasteiger partial charge is 0.417 e. The zero-order valence-corrected chi connectivity index (χ0v) is 19.2. The Hall–Kier alpha value is -2.85. The lowest BCUT2D eigenvalue weighted by Crippen LogP contribution is -2.35. The molecule has 4 rings (SSSR count). The number of halogens is 3. The predicted molar refractivity (Wildman–Crippen MR) is 123 cm³/mol. The molecule has 2 amide bonds. The average Bonchev–Trinajstić information content (AvgIpc) is 3.26. The van der Waals surface area contributed by atoms with Gasteiger partial charge in [0, 0.05) is 35.4 Å². The van der Waals surface area contributed by atoms with Crippen molar-refractivity contribution in [2.75, 3.05) is 17.6 Å². The highest BCUT2D eigenvalue weighted by atomic mass is 32.2. The predicted octanol–water partition coefficient (Wildman–Crippen LogP) is 5.40. The summed E-state index contributed by atoms with van der Waals surface area (Å²) in [6.45, 7) is 3.01. The van der Waals surface area contributed by atoms with Gasteiger partial charge in [-0.1, -0.05) is 17.8 Å². The van der Waals surface area contributed by atoms with Gasteiger partial charge in [-0.3, -0.25) is 9.59 Å². The van der Waals surface area contributed by atoms with Crippen molar-refractivity contribution in [3.05, 3.63) is 75.1 Å². The molecule has 0 spiro atoms. The van der Waals surface area contributed by atoms with Crippen LogP contribution in [0.5, 0.6) is 0 Å². The zero-order valence-electron chi connectivity index (χ0n) is 17.6. The van der Waals surface area contributed by atoms with E-state index in [2.05, 4.69) is 10.3 Å². The van der Waals surface area contributed by atoms with Crippen molar-refractivity contribution in [2.24, 2.45) is 0 Å². The van der Waals surface area contributed by atoms with Gasteiger partial charge < -0.3 is 10.2 Å². The zero-order chi connectivity index (χ0) is 23.6. The second-order valence-electron chi connectivity index (χ2n) is 7.54. The van der Waals surface area contributed by atoms with Crippen LogP contribution in [0.2, 0.25) is 0 Å². The van der Waals surface area contributed by atoms with E-state index >= 15 is 0 Å². The van der Waals surface area contributed by atoms with Crippen LogP contribution in [0.15, 0.2) is 53.0 Å². The summed E-state index contributed by atoms with van der Waals surface area (Å²) in [6, 6.07) is 9.41. The standard InChI is InChI=1S/C23H20F3N3O2S2/c1-14-17(22(31)29-9-7-19-15(12-29)8-10-32-19)3-2-4-18(14)28-20(30)13-33-21-6-5-16(11-27-21)23(24,25)26/h2-6,8,10-11H,7,9,12-13H2,1H3,(H,28,30). The number of fused-ring (bicyclic) bond motifs is 1. The first-order chi connectivity index (χ1) is 15.7. The topological polar surface area (TPSA) is 62.3 Å². The maximum absolute atomic E-state index is 13.1. The van der Waals surface area contributed by atoms with Gasteiger partial charge in [0.2, 0.25) is 5.91 Å². The number of aromatic nitrogens is 1. The summed E-state index contributed by atoms with van der Waals surface area (Å²) >= 11 is 2.75. The third-order valence-corrected chi connectivity index (χ3v) is 7.31. The normalized spacial score (nSPS) is 13.5. The number of thiophene rings is 1. The number of nitrogens with zero attached hydrogens (tertiary/aromatic N) is 2. The lowest BCUT2D eigenvalue weighted by Gasteiger charge is -2.28. The van der Waals surface area contributed by atoms with Crippen LogP contribution in [-0.2, 0) is 23.9 Å². The number of pyridine rings is 1. The molecule has 1 aromatic carbocycles. The van der Waals surface area contributed by atoms with Gasteiger partial charge in [0.25, 0.3) is 5.91 Å². The van der Waals surface area contributed by atoms with Crippen molar-refractivity contribution in [2.45, 2.75) is 31.1 Å². The monoisotopic (exact) mass is 491 g/mol. The molecule has 10 heteroatoms. The molecule has 0 bridgehead atoms. The molecule has 0 saturated carbocycles. The molecule has 1 aliphatic rings. The van der Waals surface area contributed by atoms with Gasteiger partial charge in [-0.05, 0) is 60.2 Å². The number of alkyl halides is 3. The van der Waals surface area contributed by atoms with Crippen molar-refractivity contribution < 1.29 is 22.8 Å². The van der Waals surface area contributed by atoms with Crippen LogP contribution >= 0.6 is 23.1 Å². The maximum atomic E-state index is 13.1. The molecule has 2 aromatic heterocycles. The SMILES string of the molecule is Cc1c(NC(=O)CSc2ccc(C(F)(F)F)cn2)cccc1C(=O)N1CCc2sccc2C1. The number of amides is 2. The van der Waals surface area contributed by atoms with Gasteiger partial charge in [0.05, 0.1) is 16.3 Å². The second kappa shape index (κ2) is 9.56. The molecule has 172 valence electrons. The molecule has 33 heavy (non-hydrogen) atoms. The summed E-state index contributed by atoms with van der Waals surface area (Å²) in [7, 11) is 0. The Bertz CT molecular complexity index is 1180. The number of carbonyl (C=O) groups excluding carboxylic acids is 2. The summed E-state index contributed by atoms with van der Waals surface area (Å²) in [5.74, 6) is -0.442. The third kappa shape index (κ3) is 5.39. The van der Waals surface area contributed by atoms with E-state index in [1.54, 1.807) is 36.5 Å². The van der Waals surface area contributed by atoms with E-state index in [-0.39, 0.29) is 17.6 Å². The van der Waals surface area contributed by atoms with Gasteiger partial charge >= 0.3 is 6.18 Å². The summed E-state index contributed by atoms with van der Waals surface area (Å²) in [5.41, 5.74) is 2.07. The van der Waals surface area contributed by atoms with Crippen molar-refractivity contribution in [1.82, 2.24) is 9.88 Å². The van der Waals surface area contributed by atoms with E-state index in [0.29, 0.717) is 34.9 Å². The van der Waals surface area contributed by atoms with Crippen molar-refractivity contribution >= 4 is 40.6 Å². The number of hydrogen-bond acceptors (Lipinski definition) is 5. The van der Waals surface area contributed by atoms with E-state index in [9.17, 15) is 22.8 Å². The van der Waals surface area contributed by atoms with Gasteiger partial charge in [-0.15, -0.1) is 11.3 Å². The Morgan fingerprint density at radius 2 is 2.03 bits per heavy atom. The fourth-order valence-corrected chi connectivity index (χ4v) is 5.09. The molecule has 0 radical (unpaired) electrons. The number of nitrogens with one attached hydrogen (secondary N) is 1. The van der Waals surface area contributed by atoms with Crippen molar-refractivity contribution in [3.8, 4) is 0 Å². The number of anilines is 1. The molecule has 0 saturated heterocycles. The molecule has 5 nitrogen and oxygen atoms in total. The quantitative estimate of drug-likeness (QED) is 0.486. The fourth-order valence-electron chi connectivity index (χ4n) is 3.55. The summed E-state index contributed by atoms with van der Waals surface area (Å²) in [4.78, 5) is 32.4. The van der Waals surface area contributed by atoms with E-state index < -0.39 is 11.7 Å². The van der Waals surface area contributed by atoms with E-state index in [4.69, 9.17) is 0 Å². The third-order valence-electron chi connectivity index (χ3n) is 5.35. The molecule has 1 aliphatic heterocycles. The molecule has 0 unspecified atom stereocenters. The summed E-state index contributed by atoms with van der Waals surface area (Å²) in [6.07, 6.45) is -2.86. The Morgan fingerprint density at radius 1 is 1.21 bits per heavy atom. The average molecular weight is 492 g/mol. The molecular weight excluding hydrogens is 471 g/mol. The lowest BCUT2D eigenvalue weighted by atomic mass is 10.0. The molecule has 3 aromatic rings. The Kier molecular flexibility index (Phi) is 6.76. The summed E-state index contributed by atoms with van der Waals surface area (Å²) in [5, 5.41) is 5.15. The van der Waals surface area contributed by atoms with Gasteiger partial charge in [-0.2, -0.15) is 13.2 Å². The Balaban J connectivity index is 1.38. The van der Waals surface area contributed by atoms with Crippen LogP contribution in [-0.4, -0.2) is 34.0 Å². The number of rotatable bonds is 5. The minimum Gasteiger partial charge on any atom is -0.334 e. The molecule has 0 aliphatic carbocycles. The molecule has 3 heterocycles. The lowest BCUT2D eigenvalue weighted by molar-refractivity contribution is -0.137. The van der Waals surface area contributed by atoms with E-state index in [1.807, 2.05) is 16.3 Å². The minimum atomic E-state index is -4.45. The first-order valence-electron chi connectivity index (χ1n) is 10.1. The number of hydrogen-bond donors (Lipinski definition) is 1. The second-order valence-corrected chi connectivity index (χ2v) is 9.54. The number of benzene rings is 1. The van der Waals surface area contributed by atoms with Crippen LogP contribution < -0.4 is 5.32 Å².